The third kappa shape index (κ3) is 93.7. The van der Waals surface area contributed by atoms with Crippen LogP contribution in [-0.4, -0.2) is 30.0 Å². The highest BCUT2D eigenvalue weighted by Crippen LogP contribution is 1.63. The zero-order chi connectivity index (χ0) is 9.49. The van der Waals surface area contributed by atoms with E-state index >= 15 is 0 Å². The smallest absolute Gasteiger partial charge is 0.370 e. The van der Waals surface area contributed by atoms with Gasteiger partial charge in [0, 0.05) is 13.0 Å². The summed E-state index contributed by atoms with van der Waals surface area (Å²) in [7, 11) is -4.67. The average Bonchev–Trinajstić information content (AvgIpc) is 1.58. The van der Waals surface area contributed by atoms with Gasteiger partial charge in [-0.3, -0.25) is 13.9 Å². The van der Waals surface area contributed by atoms with Crippen LogP contribution in [0.15, 0.2) is 0 Å². The molecule has 7 nitrogen and oxygen atoms in total. The van der Waals surface area contributed by atoms with E-state index in [2.05, 4.69) is 5.73 Å². The molecular weight excluding hydrogens is 176 g/mol. The number of amides is 1. The molecule has 0 rings (SSSR count). The maximum Gasteiger partial charge on any atom is 0.394 e. The van der Waals surface area contributed by atoms with Crippen molar-refractivity contribution in [2.45, 2.75) is 6.42 Å². The Labute approximate surface area is 63.9 Å². The van der Waals surface area contributed by atoms with E-state index in [0.717, 1.165) is 0 Å². The van der Waals surface area contributed by atoms with Crippen LogP contribution >= 0.6 is 0 Å². The first-order chi connectivity index (χ1) is 4.77. The van der Waals surface area contributed by atoms with Gasteiger partial charge in [0.1, 0.15) is 0 Å². The summed E-state index contributed by atoms with van der Waals surface area (Å²) < 4.78 is 31.6. The van der Waals surface area contributed by atoms with Crippen LogP contribution in [0.1, 0.15) is 6.42 Å². The average molecular weight is 186 g/mol. The van der Waals surface area contributed by atoms with Gasteiger partial charge in [0.15, 0.2) is 0 Å². The molecule has 8 heteroatoms. The minimum Gasteiger partial charge on any atom is -0.370 e. The standard InChI is InChI=1S/C3H8N2O.H2O4S/c4-2-1-3(5)6;1-5(2,3)4/h1-2,4H2,(H2,5,6);(H2,1,2,3,4). The number of carbonyl (C=O) groups is 1. The molecule has 1 amide bonds. The maximum absolute atomic E-state index is 9.74. The van der Waals surface area contributed by atoms with E-state index in [9.17, 15) is 4.79 Å². The molecule has 0 fully saturated rings. The van der Waals surface area contributed by atoms with Crippen molar-refractivity contribution in [3.05, 3.63) is 0 Å². The Morgan fingerprint density at radius 3 is 1.64 bits per heavy atom. The first-order valence-electron chi connectivity index (χ1n) is 2.45. The fraction of sp³-hybridized carbons (Fsp3) is 0.667. The molecule has 0 aliphatic heterocycles. The lowest BCUT2D eigenvalue weighted by Crippen LogP contribution is -2.15. The van der Waals surface area contributed by atoms with Gasteiger partial charge in [0.2, 0.25) is 5.91 Å². The lowest BCUT2D eigenvalue weighted by Gasteiger charge is -1.82. The molecule has 0 aliphatic rings. The van der Waals surface area contributed by atoms with Crippen molar-refractivity contribution in [1.82, 2.24) is 0 Å². The molecule has 0 unspecified atom stereocenters. The van der Waals surface area contributed by atoms with Gasteiger partial charge >= 0.3 is 10.4 Å². The van der Waals surface area contributed by atoms with Crippen molar-refractivity contribution in [2.75, 3.05) is 6.54 Å². The first kappa shape index (κ1) is 12.9. The molecule has 0 spiro atoms. The molecule has 6 N–H and O–H groups in total. The largest absolute Gasteiger partial charge is 0.394 e. The summed E-state index contributed by atoms with van der Waals surface area (Å²) in [5.74, 6) is -0.336. The molecule has 68 valence electrons. The Kier molecular flexibility index (Phi) is 7.10. The predicted octanol–water partition coefficient (Wildman–Crippen LogP) is -1.83. The van der Waals surface area contributed by atoms with Crippen molar-refractivity contribution in [3.63, 3.8) is 0 Å². The van der Waals surface area contributed by atoms with Gasteiger partial charge in [-0.15, -0.1) is 0 Å². The van der Waals surface area contributed by atoms with Gasteiger partial charge in [-0.25, -0.2) is 0 Å². The Hall–Kier alpha value is -0.700. The number of rotatable bonds is 2. The Balaban J connectivity index is 0. The van der Waals surface area contributed by atoms with E-state index in [1.807, 2.05) is 0 Å². The second-order valence-electron chi connectivity index (χ2n) is 1.45. The van der Waals surface area contributed by atoms with Crippen LogP contribution in [0.4, 0.5) is 0 Å². The van der Waals surface area contributed by atoms with Gasteiger partial charge in [-0.1, -0.05) is 0 Å². The number of hydrogen-bond acceptors (Lipinski definition) is 4. The summed E-state index contributed by atoms with van der Waals surface area (Å²) in [6.07, 6.45) is 0.292. The molecule has 0 heterocycles. The normalized spacial score (nSPS) is 9.73. The number of hydrogen-bond donors (Lipinski definition) is 4. The number of primary amides is 1. The van der Waals surface area contributed by atoms with Crippen LogP contribution in [0.3, 0.4) is 0 Å². The second kappa shape index (κ2) is 6.04. The van der Waals surface area contributed by atoms with E-state index in [1.54, 1.807) is 0 Å². The van der Waals surface area contributed by atoms with Crippen molar-refractivity contribution >= 4 is 16.3 Å². The molecule has 0 aromatic rings. The van der Waals surface area contributed by atoms with E-state index in [1.165, 1.54) is 0 Å². The lowest BCUT2D eigenvalue weighted by molar-refractivity contribution is -0.117. The van der Waals surface area contributed by atoms with Gasteiger partial charge in [-0.05, 0) is 0 Å². The molecule has 0 saturated carbocycles. The second-order valence-corrected chi connectivity index (χ2v) is 2.35. The molecule has 11 heavy (non-hydrogen) atoms. The number of nitrogens with two attached hydrogens (primary N) is 2. The Bertz CT molecular complexity index is 190. The molecule has 0 aliphatic carbocycles. The van der Waals surface area contributed by atoms with Crippen molar-refractivity contribution in [2.24, 2.45) is 11.5 Å². The molecule has 0 atom stereocenters. The van der Waals surface area contributed by atoms with Crippen molar-refractivity contribution in [3.8, 4) is 0 Å². The zero-order valence-electron chi connectivity index (χ0n) is 5.60. The summed E-state index contributed by atoms with van der Waals surface area (Å²) in [4.78, 5) is 9.74. The SMILES string of the molecule is NCCC(N)=O.O=S(=O)(O)O. The fourth-order valence-electron chi connectivity index (χ4n) is 0.142. The zero-order valence-corrected chi connectivity index (χ0v) is 6.41. The van der Waals surface area contributed by atoms with Crippen LogP contribution in [0.25, 0.3) is 0 Å². The van der Waals surface area contributed by atoms with E-state index in [4.69, 9.17) is 23.3 Å². The van der Waals surface area contributed by atoms with Crippen LogP contribution < -0.4 is 11.5 Å². The minimum absolute atomic E-state index is 0.292. The van der Waals surface area contributed by atoms with E-state index in [-0.39, 0.29) is 5.91 Å². The summed E-state index contributed by atoms with van der Waals surface area (Å²) in [5, 5.41) is 0. The monoisotopic (exact) mass is 186 g/mol. The van der Waals surface area contributed by atoms with Crippen molar-refractivity contribution in [1.29, 1.82) is 0 Å². The molecular formula is C3H10N2O5S. The van der Waals surface area contributed by atoms with Crippen LogP contribution in [0, 0.1) is 0 Å². The predicted molar refractivity (Wildman–Crippen MR) is 37.0 cm³/mol. The highest BCUT2D eigenvalue weighted by molar-refractivity contribution is 7.79. The summed E-state index contributed by atoms with van der Waals surface area (Å²) in [5.41, 5.74) is 9.61. The minimum atomic E-state index is -4.67. The van der Waals surface area contributed by atoms with Gasteiger partial charge in [0.25, 0.3) is 0 Å². The molecule has 0 aromatic heterocycles. The van der Waals surface area contributed by atoms with Crippen LogP contribution in [0.2, 0.25) is 0 Å². The first-order valence-corrected chi connectivity index (χ1v) is 3.85. The van der Waals surface area contributed by atoms with Crippen molar-refractivity contribution < 1.29 is 22.3 Å². The Morgan fingerprint density at radius 2 is 1.64 bits per heavy atom. The summed E-state index contributed by atoms with van der Waals surface area (Å²) >= 11 is 0. The third-order valence-corrected chi connectivity index (χ3v) is 0.391. The van der Waals surface area contributed by atoms with Crippen LogP contribution in [0.5, 0.6) is 0 Å². The lowest BCUT2D eigenvalue weighted by atomic mass is 10.4. The van der Waals surface area contributed by atoms with E-state index in [0.29, 0.717) is 13.0 Å². The highest BCUT2D eigenvalue weighted by atomic mass is 32.3. The molecule has 0 aromatic carbocycles. The maximum atomic E-state index is 9.74. The quantitative estimate of drug-likeness (QED) is 0.373. The van der Waals surface area contributed by atoms with Gasteiger partial charge < -0.3 is 11.5 Å². The summed E-state index contributed by atoms with van der Waals surface area (Å²) in [6.45, 7) is 0.356. The molecule has 0 radical (unpaired) electrons. The van der Waals surface area contributed by atoms with Gasteiger partial charge in [-0.2, -0.15) is 8.42 Å². The number of carbonyl (C=O) groups excluding carboxylic acids is 1. The topological polar surface area (TPSA) is 144 Å². The van der Waals surface area contributed by atoms with E-state index < -0.39 is 10.4 Å². The van der Waals surface area contributed by atoms with Crippen LogP contribution in [-0.2, 0) is 15.2 Å². The third-order valence-electron chi connectivity index (χ3n) is 0.391. The highest BCUT2D eigenvalue weighted by Gasteiger charge is 1.85. The molecule has 0 saturated heterocycles. The fourth-order valence-corrected chi connectivity index (χ4v) is 0.142. The molecule has 0 bridgehead atoms. The summed E-state index contributed by atoms with van der Waals surface area (Å²) in [6, 6.07) is 0. The van der Waals surface area contributed by atoms with Gasteiger partial charge in [0.05, 0.1) is 0 Å². The Morgan fingerprint density at radius 1 is 1.36 bits per heavy atom.